The van der Waals surface area contributed by atoms with Gasteiger partial charge in [-0.1, -0.05) is 18.5 Å². The van der Waals surface area contributed by atoms with E-state index in [0.717, 1.165) is 6.42 Å². The molecule has 1 amide bonds. The zero-order valence-electron chi connectivity index (χ0n) is 12.2. The third-order valence-corrected chi connectivity index (χ3v) is 3.59. The van der Waals surface area contributed by atoms with Gasteiger partial charge in [-0.25, -0.2) is 4.98 Å². The summed E-state index contributed by atoms with van der Waals surface area (Å²) in [7, 11) is 1.80. The second kappa shape index (κ2) is 7.45. The van der Waals surface area contributed by atoms with Gasteiger partial charge in [0.1, 0.15) is 5.82 Å². The number of aliphatic hydroxyl groups is 1. The van der Waals surface area contributed by atoms with Gasteiger partial charge < -0.3 is 15.3 Å². The van der Waals surface area contributed by atoms with E-state index >= 15 is 0 Å². The van der Waals surface area contributed by atoms with E-state index in [9.17, 15) is 4.79 Å². The summed E-state index contributed by atoms with van der Waals surface area (Å²) >= 11 is 5.78. The van der Waals surface area contributed by atoms with E-state index in [1.807, 2.05) is 13.8 Å². The van der Waals surface area contributed by atoms with E-state index in [-0.39, 0.29) is 24.6 Å². The van der Waals surface area contributed by atoms with Crippen molar-refractivity contribution in [3.8, 4) is 0 Å². The number of nitrogens with one attached hydrogen (secondary N) is 1. The van der Waals surface area contributed by atoms with Crippen molar-refractivity contribution < 1.29 is 9.90 Å². The third-order valence-electron chi connectivity index (χ3n) is 3.37. The van der Waals surface area contributed by atoms with Crippen LogP contribution in [-0.4, -0.2) is 41.7 Å². The Kier molecular flexibility index (Phi) is 6.23. The third kappa shape index (κ3) is 4.98. The Morgan fingerprint density at radius 3 is 2.75 bits per heavy atom. The molecule has 6 heteroatoms. The van der Waals surface area contributed by atoms with Crippen LogP contribution in [0.1, 0.15) is 26.7 Å². The highest BCUT2D eigenvalue weighted by atomic mass is 35.5. The number of anilines is 1. The molecule has 0 aliphatic carbocycles. The summed E-state index contributed by atoms with van der Waals surface area (Å²) in [5.74, 6) is 0.590. The number of aromatic nitrogens is 1. The maximum absolute atomic E-state index is 12.1. The maximum atomic E-state index is 12.1. The highest BCUT2D eigenvalue weighted by Crippen LogP contribution is 2.15. The first kappa shape index (κ1) is 16.7. The predicted octanol–water partition coefficient (Wildman–Crippen LogP) is 1.84. The monoisotopic (exact) mass is 299 g/mol. The first-order valence-corrected chi connectivity index (χ1v) is 7.02. The molecular formula is C14H22ClN3O2. The molecule has 0 aliphatic rings. The molecule has 2 N–H and O–H groups in total. The lowest BCUT2D eigenvalue weighted by Gasteiger charge is -2.30. The van der Waals surface area contributed by atoms with Gasteiger partial charge in [-0.3, -0.25) is 4.79 Å². The van der Waals surface area contributed by atoms with Gasteiger partial charge in [0.05, 0.1) is 11.6 Å². The van der Waals surface area contributed by atoms with Gasteiger partial charge in [-0.05, 0) is 31.9 Å². The Balaban J connectivity index is 2.59. The summed E-state index contributed by atoms with van der Waals surface area (Å²) < 4.78 is 0. The molecule has 112 valence electrons. The van der Waals surface area contributed by atoms with Crippen molar-refractivity contribution in [2.45, 2.75) is 32.2 Å². The van der Waals surface area contributed by atoms with Crippen molar-refractivity contribution in [1.29, 1.82) is 0 Å². The van der Waals surface area contributed by atoms with Gasteiger partial charge in [0.2, 0.25) is 5.91 Å². The average Bonchev–Trinajstić information content (AvgIpc) is 2.39. The SMILES string of the molecule is CCC(C)(CCO)NC(=O)CN(C)c1ccc(Cl)cn1. The Bertz CT molecular complexity index is 439. The Hall–Kier alpha value is -1.33. The highest BCUT2D eigenvalue weighted by molar-refractivity contribution is 6.30. The summed E-state index contributed by atoms with van der Waals surface area (Å²) in [5, 5.41) is 12.6. The number of hydrogen-bond donors (Lipinski definition) is 2. The molecule has 20 heavy (non-hydrogen) atoms. The summed E-state index contributed by atoms with van der Waals surface area (Å²) in [4.78, 5) is 18.0. The van der Waals surface area contributed by atoms with Crippen LogP contribution in [0.15, 0.2) is 18.3 Å². The van der Waals surface area contributed by atoms with Crippen LogP contribution in [-0.2, 0) is 4.79 Å². The molecule has 5 nitrogen and oxygen atoms in total. The number of carbonyl (C=O) groups is 1. The molecule has 0 aromatic carbocycles. The number of halogens is 1. The highest BCUT2D eigenvalue weighted by Gasteiger charge is 2.24. The van der Waals surface area contributed by atoms with Crippen LogP contribution in [0.2, 0.25) is 5.02 Å². The summed E-state index contributed by atoms with van der Waals surface area (Å²) in [5.41, 5.74) is -0.375. The Labute approximate surface area is 125 Å². The van der Waals surface area contributed by atoms with Gasteiger partial charge in [-0.2, -0.15) is 0 Å². The second-order valence-corrected chi connectivity index (χ2v) is 5.56. The Morgan fingerprint density at radius 2 is 2.25 bits per heavy atom. The normalized spacial score (nSPS) is 13.7. The average molecular weight is 300 g/mol. The van der Waals surface area contributed by atoms with E-state index in [2.05, 4.69) is 10.3 Å². The number of pyridine rings is 1. The van der Waals surface area contributed by atoms with E-state index in [0.29, 0.717) is 17.3 Å². The van der Waals surface area contributed by atoms with Gasteiger partial charge in [0.25, 0.3) is 0 Å². The number of aliphatic hydroxyl groups excluding tert-OH is 1. The molecule has 0 fully saturated rings. The molecule has 0 spiro atoms. The van der Waals surface area contributed by atoms with Crippen LogP contribution < -0.4 is 10.2 Å². The molecule has 0 radical (unpaired) electrons. The lowest BCUT2D eigenvalue weighted by Crippen LogP contribution is -2.49. The summed E-state index contributed by atoms with van der Waals surface area (Å²) in [6.45, 7) is 4.18. The molecule has 0 aliphatic heterocycles. The van der Waals surface area contributed by atoms with Crippen molar-refractivity contribution >= 4 is 23.3 Å². The zero-order chi connectivity index (χ0) is 15.2. The molecule has 0 saturated carbocycles. The second-order valence-electron chi connectivity index (χ2n) is 5.13. The van der Waals surface area contributed by atoms with Crippen molar-refractivity contribution in [2.24, 2.45) is 0 Å². The number of amides is 1. The molecule has 1 rings (SSSR count). The minimum atomic E-state index is -0.375. The Morgan fingerprint density at radius 1 is 1.55 bits per heavy atom. The van der Waals surface area contributed by atoms with Crippen LogP contribution in [0.5, 0.6) is 0 Å². The van der Waals surface area contributed by atoms with Crippen molar-refractivity contribution in [1.82, 2.24) is 10.3 Å². The van der Waals surface area contributed by atoms with Crippen LogP contribution in [0, 0.1) is 0 Å². The molecule has 1 atom stereocenters. The molecule has 1 aromatic heterocycles. The van der Waals surface area contributed by atoms with E-state index < -0.39 is 0 Å². The minimum Gasteiger partial charge on any atom is -0.396 e. The van der Waals surface area contributed by atoms with Gasteiger partial charge >= 0.3 is 0 Å². The number of carbonyl (C=O) groups excluding carboxylic acids is 1. The van der Waals surface area contributed by atoms with Gasteiger partial charge in [0, 0.05) is 25.4 Å². The number of nitrogens with zero attached hydrogens (tertiary/aromatic N) is 2. The van der Waals surface area contributed by atoms with Crippen LogP contribution in [0.4, 0.5) is 5.82 Å². The largest absolute Gasteiger partial charge is 0.396 e. The fourth-order valence-corrected chi connectivity index (χ4v) is 1.95. The van der Waals surface area contributed by atoms with Crippen molar-refractivity contribution in [3.05, 3.63) is 23.4 Å². The number of hydrogen-bond acceptors (Lipinski definition) is 4. The summed E-state index contributed by atoms with van der Waals surface area (Å²) in [6, 6.07) is 3.50. The minimum absolute atomic E-state index is 0.0548. The smallest absolute Gasteiger partial charge is 0.239 e. The molecule has 0 bridgehead atoms. The molecular weight excluding hydrogens is 278 g/mol. The molecule has 1 aromatic rings. The zero-order valence-corrected chi connectivity index (χ0v) is 12.9. The summed E-state index contributed by atoms with van der Waals surface area (Å²) in [6.07, 6.45) is 2.85. The van der Waals surface area contributed by atoms with Crippen molar-refractivity contribution in [3.63, 3.8) is 0 Å². The van der Waals surface area contributed by atoms with Crippen molar-refractivity contribution in [2.75, 3.05) is 25.1 Å². The van der Waals surface area contributed by atoms with Gasteiger partial charge in [0.15, 0.2) is 0 Å². The lowest BCUT2D eigenvalue weighted by molar-refractivity contribution is -0.121. The van der Waals surface area contributed by atoms with E-state index in [1.165, 1.54) is 0 Å². The first-order valence-electron chi connectivity index (χ1n) is 6.65. The maximum Gasteiger partial charge on any atom is 0.239 e. The number of rotatable bonds is 7. The van der Waals surface area contributed by atoms with Crippen LogP contribution in [0.3, 0.4) is 0 Å². The van der Waals surface area contributed by atoms with Crippen LogP contribution in [0.25, 0.3) is 0 Å². The molecule has 1 heterocycles. The molecule has 0 saturated heterocycles. The lowest BCUT2D eigenvalue weighted by atomic mass is 9.95. The van der Waals surface area contributed by atoms with E-state index in [4.69, 9.17) is 16.7 Å². The van der Waals surface area contributed by atoms with E-state index in [1.54, 1.807) is 30.3 Å². The molecule has 1 unspecified atom stereocenters. The van der Waals surface area contributed by atoms with Gasteiger partial charge in [-0.15, -0.1) is 0 Å². The van der Waals surface area contributed by atoms with Crippen LogP contribution >= 0.6 is 11.6 Å². The number of likely N-dealkylation sites (N-methyl/N-ethyl adjacent to an activating group) is 1. The standard InChI is InChI=1S/C14H22ClN3O2/c1-4-14(2,7-8-19)17-13(20)10-18(3)12-6-5-11(15)9-16-12/h5-6,9,19H,4,7-8,10H2,1-3H3,(H,17,20). The fraction of sp³-hybridized carbons (Fsp3) is 0.571. The topological polar surface area (TPSA) is 65.5 Å². The first-order chi connectivity index (χ1) is 9.40. The quantitative estimate of drug-likeness (QED) is 0.806. The predicted molar refractivity (Wildman–Crippen MR) is 81.1 cm³/mol. The fourth-order valence-electron chi connectivity index (χ4n) is 1.84.